The number of nitrogens with zero attached hydrogens (tertiary/aromatic N) is 2. The van der Waals surface area contributed by atoms with Crippen molar-refractivity contribution in [3.05, 3.63) is 56.2 Å². The van der Waals surface area contributed by atoms with Crippen LogP contribution in [0.2, 0.25) is 0 Å². The maximum absolute atomic E-state index is 12.9. The molecule has 2 aromatic heterocycles. The number of rotatable bonds is 5. The number of benzene rings is 1. The summed E-state index contributed by atoms with van der Waals surface area (Å²) in [7, 11) is 0. The molecule has 1 aromatic carbocycles. The largest absolute Gasteiger partial charge is 0.486 e. The Morgan fingerprint density at radius 3 is 2.48 bits per heavy atom. The first-order chi connectivity index (χ1) is 11.9. The number of aromatic nitrogens is 2. The second-order valence-corrected chi connectivity index (χ2v) is 7.67. The molecule has 0 bridgehead atoms. The average molecular weight is 377 g/mol. The van der Waals surface area contributed by atoms with E-state index < -0.39 is 0 Å². The smallest absolute Gasteiger partial charge is 0.269 e. The lowest BCUT2D eigenvalue weighted by atomic mass is 10.3. The molecule has 0 aliphatic rings. The van der Waals surface area contributed by atoms with Gasteiger partial charge in [-0.1, -0.05) is 0 Å². The Bertz CT molecular complexity index is 884. The van der Waals surface area contributed by atoms with Gasteiger partial charge in [-0.15, -0.1) is 22.7 Å². The molecule has 25 heavy (non-hydrogen) atoms. The summed E-state index contributed by atoms with van der Waals surface area (Å²) in [6.07, 6.45) is 0. The van der Waals surface area contributed by atoms with E-state index in [4.69, 9.17) is 4.74 Å². The van der Waals surface area contributed by atoms with E-state index in [9.17, 15) is 9.18 Å². The minimum atomic E-state index is -0.316. The van der Waals surface area contributed by atoms with E-state index in [-0.39, 0.29) is 18.3 Å². The maximum Gasteiger partial charge on any atom is 0.269 e. The SMILES string of the molecule is Cc1nc(NC(=O)c2sc(COc3ccc(F)cc3)nc2C)sc1C. The average Bonchev–Trinajstić information content (AvgIpc) is 3.09. The molecular weight excluding hydrogens is 361 g/mol. The summed E-state index contributed by atoms with van der Waals surface area (Å²) in [5.74, 6) is 0.00910. The minimum Gasteiger partial charge on any atom is -0.486 e. The Labute approximate surface area is 152 Å². The minimum absolute atomic E-state index is 0.222. The van der Waals surface area contributed by atoms with Crippen molar-refractivity contribution in [2.24, 2.45) is 0 Å². The first-order valence-corrected chi connectivity index (χ1v) is 9.15. The van der Waals surface area contributed by atoms with Crippen LogP contribution in [-0.2, 0) is 6.61 Å². The molecule has 0 saturated heterocycles. The van der Waals surface area contributed by atoms with Crippen molar-refractivity contribution in [3.63, 3.8) is 0 Å². The van der Waals surface area contributed by atoms with Crippen LogP contribution < -0.4 is 10.1 Å². The number of hydrogen-bond acceptors (Lipinski definition) is 6. The fraction of sp³-hybridized carbons (Fsp3) is 0.235. The number of hydrogen-bond donors (Lipinski definition) is 1. The molecule has 0 aliphatic carbocycles. The van der Waals surface area contributed by atoms with Crippen molar-refractivity contribution in [1.82, 2.24) is 9.97 Å². The van der Waals surface area contributed by atoms with Crippen molar-refractivity contribution in [2.75, 3.05) is 5.32 Å². The molecule has 3 aromatic rings. The molecule has 0 aliphatic heterocycles. The van der Waals surface area contributed by atoms with Crippen molar-refractivity contribution >= 4 is 33.7 Å². The summed E-state index contributed by atoms with van der Waals surface area (Å²) < 4.78 is 18.5. The van der Waals surface area contributed by atoms with Crippen LogP contribution in [-0.4, -0.2) is 15.9 Å². The summed E-state index contributed by atoms with van der Waals surface area (Å²) in [6.45, 7) is 5.88. The van der Waals surface area contributed by atoms with E-state index in [1.165, 1.54) is 34.8 Å². The molecule has 0 atom stereocenters. The van der Waals surface area contributed by atoms with E-state index in [2.05, 4.69) is 15.3 Å². The summed E-state index contributed by atoms with van der Waals surface area (Å²) in [5, 5.41) is 4.07. The molecule has 0 spiro atoms. The normalized spacial score (nSPS) is 10.7. The predicted molar refractivity (Wildman–Crippen MR) is 97.1 cm³/mol. The highest BCUT2D eigenvalue weighted by Crippen LogP contribution is 2.25. The number of carbonyl (C=O) groups is 1. The van der Waals surface area contributed by atoms with Gasteiger partial charge in [0.15, 0.2) is 5.13 Å². The van der Waals surface area contributed by atoms with Crippen molar-refractivity contribution in [1.29, 1.82) is 0 Å². The van der Waals surface area contributed by atoms with Gasteiger partial charge in [-0.05, 0) is 45.0 Å². The van der Waals surface area contributed by atoms with E-state index in [1.807, 2.05) is 13.8 Å². The summed E-state index contributed by atoms with van der Waals surface area (Å²) >= 11 is 2.72. The summed E-state index contributed by atoms with van der Waals surface area (Å²) in [6, 6.07) is 5.77. The molecule has 5 nitrogen and oxygen atoms in total. The van der Waals surface area contributed by atoms with E-state index >= 15 is 0 Å². The van der Waals surface area contributed by atoms with E-state index in [1.54, 1.807) is 19.1 Å². The summed E-state index contributed by atoms with van der Waals surface area (Å²) in [5.41, 5.74) is 1.56. The number of aryl methyl sites for hydroxylation is 3. The first kappa shape index (κ1) is 17.5. The summed E-state index contributed by atoms with van der Waals surface area (Å²) in [4.78, 5) is 22.7. The van der Waals surface area contributed by atoms with Crippen LogP contribution in [0.4, 0.5) is 9.52 Å². The monoisotopic (exact) mass is 377 g/mol. The molecule has 8 heteroatoms. The van der Waals surface area contributed by atoms with Gasteiger partial charge in [-0.3, -0.25) is 10.1 Å². The number of ether oxygens (including phenoxy) is 1. The van der Waals surface area contributed by atoms with Gasteiger partial charge in [0, 0.05) is 4.88 Å². The number of amides is 1. The van der Waals surface area contributed by atoms with Crippen LogP contribution >= 0.6 is 22.7 Å². The van der Waals surface area contributed by atoms with Gasteiger partial charge < -0.3 is 4.74 Å². The van der Waals surface area contributed by atoms with Crippen LogP contribution in [0.5, 0.6) is 5.75 Å². The Hall–Kier alpha value is -2.32. The molecule has 130 valence electrons. The lowest BCUT2D eigenvalue weighted by Gasteiger charge is -2.03. The Kier molecular flexibility index (Phi) is 5.10. The number of anilines is 1. The molecule has 0 unspecified atom stereocenters. The quantitative estimate of drug-likeness (QED) is 0.711. The fourth-order valence-corrected chi connectivity index (χ4v) is 3.76. The highest BCUT2D eigenvalue weighted by Gasteiger charge is 2.17. The third-order valence-electron chi connectivity index (χ3n) is 3.47. The van der Waals surface area contributed by atoms with Crippen molar-refractivity contribution < 1.29 is 13.9 Å². The van der Waals surface area contributed by atoms with Crippen molar-refractivity contribution in [2.45, 2.75) is 27.4 Å². The Morgan fingerprint density at radius 1 is 1.12 bits per heavy atom. The second kappa shape index (κ2) is 7.28. The van der Waals surface area contributed by atoms with E-state index in [0.717, 1.165) is 10.6 Å². The van der Waals surface area contributed by atoms with Crippen LogP contribution in [0, 0.1) is 26.6 Å². The van der Waals surface area contributed by atoms with Crippen molar-refractivity contribution in [3.8, 4) is 5.75 Å². The first-order valence-electron chi connectivity index (χ1n) is 7.52. The highest BCUT2D eigenvalue weighted by atomic mass is 32.1. The zero-order valence-electron chi connectivity index (χ0n) is 13.9. The van der Waals surface area contributed by atoms with Crippen LogP contribution in [0.1, 0.15) is 30.9 Å². The predicted octanol–water partition coefficient (Wildman–Crippen LogP) is 4.50. The second-order valence-electron chi connectivity index (χ2n) is 5.38. The van der Waals surface area contributed by atoms with Crippen LogP contribution in [0.3, 0.4) is 0 Å². The molecule has 1 amide bonds. The van der Waals surface area contributed by atoms with Gasteiger partial charge >= 0.3 is 0 Å². The van der Waals surface area contributed by atoms with Gasteiger partial charge in [0.05, 0.1) is 11.4 Å². The number of thiazole rings is 2. The van der Waals surface area contributed by atoms with Gasteiger partial charge in [0.1, 0.15) is 28.1 Å². The molecular formula is C17H16FN3O2S2. The molecule has 3 rings (SSSR count). The molecule has 0 saturated carbocycles. The van der Waals surface area contributed by atoms with Crippen LogP contribution in [0.25, 0.3) is 0 Å². The number of nitrogens with one attached hydrogen (secondary N) is 1. The molecule has 0 fully saturated rings. The number of carbonyl (C=O) groups excluding carboxylic acids is 1. The number of halogens is 1. The van der Waals surface area contributed by atoms with Gasteiger partial charge in [0.2, 0.25) is 0 Å². The van der Waals surface area contributed by atoms with Gasteiger partial charge in [-0.2, -0.15) is 0 Å². The molecule has 0 radical (unpaired) electrons. The Balaban J connectivity index is 1.66. The lowest BCUT2D eigenvalue weighted by molar-refractivity contribution is 0.103. The maximum atomic E-state index is 12.9. The lowest BCUT2D eigenvalue weighted by Crippen LogP contribution is -2.11. The van der Waals surface area contributed by atoms with Crippen LogP contribution in [0.15, 0.2) is 24.3 Å². The zero-order valence-corrected chi connectivity index (χ0v) is 15.6. The third kappa shape index (κ3) is 4.21. The standard InChI is InChI=1S/C17H16FN3O2S2/c1-9-11(3)24-17(20-9)21-16(22)15-10(2)19-14(25-15)8-23-13-6-4-12(18)5-7-13/h4-7H,8H2,1-3H3,(H,20,21,22). The topological polar surface area (TPSA) is 64.1 Å². The van der Waals surface area contributed by atoms with Gasteiger partial charge in [0.25, 0.3) is 5.91 Å². The fourth-order valence-electron chi connectivity index (χ4n) is 2.08. The molecule has 1 N–H and O–H groups in total. The highest BCUT2D eigenvalue weighted by molar-refractivity contribution is 7.16. The third-order valence-corrected chi connectivity index (χ3v) is 5.59. The zero-order chi connectivity index (χ0) is 18.0. The Morgan fingerprint density at radius 2 is 1.84 bits per heavy atom. The molecule has 2 heterocycles. The van der Waals surface area contributed by atoms with E-state index in [0.29, 0.717) is 26.5 Å². The van der Waals surface area contributed by atoms with Gasteiger partial charge in [-0.25, -0.2) is 14.4 Å².